The highest BCUT2D eigenvalue weighted by molar-refractivity contribution is 8.00. The molecule has 0 radical (unpaired) electrons. The Hall–Kier alpha value is -0.270. The largest absolute Gasteiger partial charge is 0.386 e. The van der Waals surface area contributed by atoms with E-state index in [4.69, 9.17) is 11.1 Å². The van der Waals surface area contributed by atoms with Gasteiger partial charge in [0.25, 0.3) is 0 Å². The third-order valence-electron chi connectivity index (χ3n) is 2.76. The second-order valence-corrected chi connectivity index (χ2v) is 7.33. The van der Waals surface area contributed by atoms with Gasteiger partial charge in [0, 0.05) is 24.3 Å². The van der Waals surface area contributed by atoms with Crippen LogP contribution in [0.1, 0.15) is 13.3 Å². The third kappa shape index (κ3) is 3.11. The van der Waals surface area contributed by atoms with Gasteiger partial charge in [-0.05, 0) is 6.42 Å². The van der Waals surface area contributed by atoms with Crippen molar-refractivity contribution in [2.45, 2.75) is 24.8 Å². The normalized spacial score (nSPS) is 25.2. The van der Waals surface area contributed by atoms with Crippen molar-refractivity contribution in [3.63, 3.8) is 0 Å². The number of nitrogens with two attached hydrogens (primary N) is 1. The summed E-state index contributed by atoms with van der Waals surface area (Å²) in [6.07, 6.45) is 1.93. The Morgan fingerprint density at radius 1 is 1.69 bits per heavy atom. The fourth-order valence-corrected chi connectivity index (χ4v) is 4.87. The van der Waals surface area contributed by atoms with Gasteiger partial charge >= 0.3 is 0 Å². The summed E-state index contributed by atoms with van der Waals surface area (Å²) in [6, 6.07) is -0.249. The molecule has 1 fully saturated rings. The van der Waals surface area contributed by atoms with E-state index in [0.29, 0.717) is 18.7 Å². The van der Waals surface area contributed by atoms with Crippen LogP contribution in [0, 0.1) is 5.41 Å². The van der Waals surface area contributed by atoms with Gasteiger partial charge in [0.1, 0.15) is 11.2 Å². The van der Waals surface area contributed by atoms with E-state index >= 15 is 0 Å². The zero-order chi connectivity index (χ0) is 12.3. The molecule has 0 aromatic carbocycles. The molecule has 1 aliphatic rings. The molecule has 0 amide bonds. The van der Waals surface area contributed by atoms with Crippen molar-refractivity contribution in [1.82, 2.24) is 4.90 Å². The predicted octanol–water partition coefficient (Wildman–Crippen LogP) is 0.120. The van der Waals surface area contributed by atoms with Gasteiger partial charge in [-0.3, -0.25) is 10.3 Å². The van der Waals surface area contributed by atoms with E-state index in [0.717, 1.165) is 5.75 Å². The minimum atomic E-state index is -3.11. The van der Waals surface area contributed by atoms with E-state index in [-0.39, 0.29) is 11.9 Å². The molecule has 2 unspecified atom stereocenters. The van der Waals surface area contributed by atoms with Crippen molar-refractivity contribution in [2.75, 3.05) is 24.3 Å². The zero-order valence-corrected chi connectivity index (χ0v) is 11.3. The Morgan fingerprint density at radius 3 is 2.75 bits per heavy atom. The van der Waals surface area contributed by atoms with Crippen molar-refractivity contribution in [1.29, 1.82) is 5.41 Å². The minimum absolute atomic E-state index is 0.0584. The summed E-state index contributed by atoms with van der Waals surface area (Å²) in [4.78, 5) is 1.86. The molecule has 3 N–H and O–H groups in total. The van der Waals surface area contributed by atoms with Gasteiger partial charge in [0.05, 0.1) is 6.04 Å². The Balaban J connectivity index is 2.93. The van der Waals surface area contributed by atoms with Crippen molar-refractivity contribution >= 4 is 27.4 Å². The lowest BCUT2D eigenvalue weighted by Gasteiger charge is -2.38. The Labute approximate surface area is 101 Å². The number of nitrogens with zero attached hydrogens (tertiary/aromatic N) is 1. The molecule has 7 heteroatoms. The number of nitrogens with one attached hydrogen (secondary N) is 1. The van der Waals surface area contributed by atoms with Crippen LogP contribution in [0.4, 0.5) is 0 Å². The van der Waals surface area contributed by atoms with E-state index in [2.05, 4.69) is 0 Å². The summed E-state index contributed by atoms with van der Waals surface area (Å²) in [5, 5.41) is 7.02. The summed E-state index contributed by atoms with van der Waals surface area (Å²) in [7, 11) is -3.11. The summed E-state index contributed by atoms with van der Waals surface area (Å²) in [5.41, 5.74) is 5.52. The smallest absolute Gasteiger partial charge is 0.164 e. The van der Waals surface area contributed by atoms with Gasteiger partial charge < -0.3 is 5.73 Å². The standard InChI is InChI=1S/C9H19N3O2S2/c1-3-7(9(10)11)12-4-5-15-6-8(12)16(2,13)14/h7-8H,3-6H2,1-2H3,(H3,10,11). The van der Waals surface area contributed by atoms with Crippen molar-refractivity contribution in [2.24, 2.45) is 5.73 Å². The number of hydrogen-bond acceptors (Lipinski definition) is 5. The Kier molecular flexibility index (Phi) is 4.63. The fraction of sp³-hybridized carbons (Fsp3) is 0.889. The molecule has 0 aromatic rings. The number of rotatable bonds is 4. The van der Waals surface area contributed by atoms with Gasteiger partial charge in [0.2, 0.25) is 0 Å². The molecule has 0 saturated carbocycles. The van der Waals surface area contributed by atoms with Crippen LogP contribution in [0.15, 0.2) is 0 Å². The van der Waals surface area contributed by atoms with Gasteiger partial charge in [0.15, 0.2) is 9.84 Å². The maximum absolute atomic E-state index is 11.7. The van der Waals surface area contributed by atoms with Crippen LogP contribution in [-0.2, 0) is 9.84 Å². The molecule has 1 aliphatic heterocycles. The van der Waals surface area contributed by atoms with Gasteiger partial charge in [-0.25, -0.2) is 8.42 Å². The maximum atomic E-state index is 11.7. The molecule has 0 aromatic heterocycles. The fourth-order valence-electron chi connectivity index (χ4n) is 1.95. The molecular formula is C9H19N3O2S2. The molecule has 94 valence electrons. The first-order valence-electron chi connectivity index (χ1n) is 5.24. The van der Waals surface area contributed by atoms with Crippen LogP contribution in [0.25, 0.3) is 0 Å². The molecule has 16 heavy (non-hydrogen) atoms. The van der Waals surface area contributed by atoms with E-state index in [1.165, 1.54) is 6.26 Å². The summed E-state index contributed by atoms with van der Waals surface area (Å²) in [6.45, 7) is 2.60. The molecule has 0 bridgehead atoms. The van der Waals surface area contributed by atoms with Crippen LogP contribution in [-0.4, -0.2) is 54.9 Å². The lowest BCUT2D eigenvalue weighted by molar-refractivity contribution is 0.232. The van der Waals surface area contributed by atoms with Crippen LogP contribution in [0.5, 0.6) is 0 Å². The number of hydrogen-bond donors (Lipinski definition) is 2. The topological polar surface area (TPSA) is 87.2 Å². The average molecular weight is 265 g/mol. The lowest BCUT2D eigenvalue weighted by Crippen LogP contribution is -2.55. The van der Waals surface area contributed by atoms with Gasteiger partial charge in [-0.1, -0.05) is 6.92 Å². The lowest BCUT2D eigenvalue weighted by atomic mass is 10.1. The third-order valence-corrected chi connectivity index (χ3v) is 5.42. The number of thioether (sulfide) groups is 1. The van der Waals surface area contributed by atoms with Crippen LogP contribution < -0.4 is 5.73 Å². The molecule has 1 rings (SSSR count). The highest BCUT2D eigenvalue weighted by Gasteiger charge is 2.35. The zero-order valence-electron chi connectivity index (χ0n) is 9.64. The number of sulfone groups is 1. The van der Waals surface area contributed by atoms with Crippen LogP contribution in [0.3, 0.4) is 0 Å². The maximum Gasteiger partial charge on any atom is 0.164 e. The average Bonchev–Trinajstić information content (AvgIpc) is 2.17. The van der Waals surface area contributed by atoms with Crippen molar-refractivity contribution in [3.8, 4) is 0 Å². The van der Waals surface area contributed by atoms with E-state index in [1.54, 1.807) is 11.8 Å². The molecule has 5 nitrogen and oxygen atoms in total. The number of amidine groups is 1. The molecule has 1 heterocycles. The molecule has 1 saturated heterocycles. The van der Waals surface area contributed by atoms with Crippen molar-refractivity contribution in [3.05, 3.63) is 0 Å². The highest BCUT2D eigenvalue weighted by Crippen LogP contribution is 2.23. The Morgan fingerprint density at radius 2 is 2.31 bits per heavy atom. The predicted molar refractivity (Wildman–Crippen MR) is 68.7 cm³/mol. The second kappa shape index (κ2) is 5.37. The first-order valence-corrected chi connectivity index (χ1v) is 8.35. The molecular weight excluding hydrogens is 246 g/mol. The van der Waals surface area contributed by atoms with E-state index < -0.39 is 15.2 Å². The molecule has 0 aliphatic carbocycles. The summed E-state index contributed by atoms with van der Waals surface area (Å²) < 4.78 is 23.3. The minimum Gasteiger partial charge on any atom is -0.386 e. The quantitative estimate of drug-likeness (QED) is 0.557. The second-order valence-electron chi connectivity index (χ2n) is 3.98. The first kappa shape index (κ1) is 13.8. The van der Waals surface area contributed by atoms with E-state index in [1.807, 2.05) is 11.8 Å². The Bertz CT molecular complexity index is 356. The molecule has 2 atom stereocenters. The van der Waals surface area contributed by atoms with E-state index in [9.17, 15) is 8.42 Å². The van der Waals surface area contributed by atoms with Crippen molar-refractivity contribution < 1.29 is 8.42 Å². The van der Waals surface area contributed by atoms with Gasteiger partial charge in [-0.2, -0.15) is 11.8 Å². The monoisotopic (exact) mass is 265 g/mol. The van der Waals surface area contributed by atoms with Gasteiger partial charge in [-0.15, -0.1) is 0 Å². The summed E-state index contributed by atoms with van der Waals surface area (Å²) >= 11 is 1.64. The summed E-state index contributed by atoms with van der Waals surface area (Å²) in [5.74, 6) is 1.53. The van der Waals surface area contributed by atoms with Crippen LogP contribution in [0.2, 0.25) is 0 Å². The SMILES string of the molecule is CCC(C(=N)N)N1CCSCC1S(C)(=O)=O. The highest BCUT2D eigenvalue weighted by atomic mass is 32.2. The van der Waals surface area contributed by atoms with Crippen LogP contribution >= 0.6 is 11.8 Å². The first-order chi connectivity index (χ1) is 7.38. The molecule has 0 spiro atoms.